The van der Waals surface area contributed by atoms with E-state index in [2.05, 4.69) is 50.2 Å². The molecule has 3 aromatic rings. The van der Waals surface area contributed by atoms with E-state index in [1.54, 1.807) is 0 Å². The minimum Gasteiger partial charge on any atom is -0.367 e. The molecule has 1 aliphatic heterocycles. The maximum absolute atomic E-state index is 4.76. The van der Waals surface area contributed by atoms with Crippen molar-refractivity contribution in [1.29, 1.82) is 0 Å². The van der Waals surface area contributed by atoms with E-state index in [9.17, 15) is 0 Å². The molecule has 1 aliphatic rings. The zero-order valence-corrected chi connectivity index (χ0v) is 13.1. The van der Waals surface area contributed by atoms with Crippen molar-refractivity contribution in [3.8, 4) is 11.3 Å². The van der Waals surface area contributed by atoms with Crippen LogP contribution in [0.15, 0.2) is 47.5 Å². The molecule has 23 heavy (non-hydrogen) atoms. The van der Waals surface area contributed by atoms with E-state index in [4.69, 9.17) is 4.98 Å². The van der Waals surface area contributed by atoms with Crippen molar-refractivity contribution in [2.45, 2.75) is 26.4 Å². The van der Waals surface area contributed by atoms with Gasteiger partial charge in [0.15, 0.2) is 5.82 Å². The fourth-order valence-corrected chi connectivity index (χ4v) is 2.79. The summed E-state index contributed by atoms with van der Waals surface area (Å²) in [5.41, 5.74) is 3.64. The van der Waals surface area contributed by atoms with Gasteiger partial charge in [-0.25, -0.2) is 4.98 Å². The molecule has 0 fully saturated rings. The number of fused-ring (bicyclic) bond motifs is 1. The molecule has 0 amide bonds. The summed E-state index contributed by atoms with van der Waals surface area (Å²) in [4.78, 5) is 9.38. The summed E-state index contributed by atoms with van der Waals surface area (Å²) in [6.45, 7) is 4.96. The number of hydrogen-bond donors (Lipinski definition) is 2. The number of H-pyrrole nitrogens is 1. The summed E-state index contributed by atoms with van der Waals surface area (Å²) < 4.78 is 2.10. The second kappa shape index (κ2) is 5.39. The molecule has 2 N–H and O–H groups in total. The average Bonchev–Trinajstić information content (AvgIpc) is 3.13. The molecule has 1 aromatic carbocycles. The van der Waals surface area contributed by atoms with Gasteiger partial charge in [0.1, 0.15) is 5.82 Å². The molecule has 0 aliphatic carbocycles. The van der Waals surface area contributed by atoms with Crippen LogP contribution < -0.4 is 10.9 Å². The van der Waals surface area contributed by atoms with E-state index in [1.807, 2.05) is 31.2 Å². The van der Waals surface area contributed by atoms with Crippen molar-refractivity contribution < 1.29 is 0 Å². The van der Waals surface area contributed by atoms with E-state index < -0.39 is 0 Å². The largest absolute Gasteiger partial charge is 0.367 e. The fraction of sp³-hybridized carbons (Fsp3) is 0.235. The summed E-state index contributed by atoms with van der Waals surface area (Å²) in [6, 6.07) is 14.5. The molecule has 0 spiro atoms. The van der Waals surface area contributed by atoms with Crippen molar-refractivity contribution >= 4 is 11.6 Å². The predicted octanol–water partition coefficient (Wildman–Crippen LogP) is 2.63. The Morgan fingerprint density at radius 1 is 1.22 bits per heavy atom. The molecule has 0 saturated heterocycles. The second-order valence-corrected chi connectivity index (χ2v) is 5.87. The molecule has 0 bridgehead atoms. The molecule has 1 atom stereocenters. The maximum Gasteiger partial charge on any atom is 0.233 e. The summed E-state index contributed by atoms with van der Waals surface area (Å²) >= 11 is 0. The summed E-state index contributed by atoms with van der Waals surface area (Å²) in [5, 5.41) is 10.6. The van der Waals surface area contributed by atoms with Crippen LogP contribution in [0.5, 0.6) is 0 Å². The van der Waals surface area contributed by atoms with Gasteiger partial charge < -0.3 is 5.32 Å². The summed E-state index contributed by atoms with van der Waals surface area (Å²) in [6.07, 6.45) is 0. The molecule has 3 heterocycles. The molecule has 4 rings (SSSR count). The van der Waals surface area contributed by atoms with Gasteiger partial charge in [0, 0.05) is 36.0 Å². The zero-order valence-electron chi connectivity index (χ0n) is 13.1. The number of benzene rings is 1. The third-order valence-corrected chi connectivity index (χ3v) is 3.85. The topological polar surface area (TPSA) is 70.9 Å². The number of aromatic nitrogens is 4. The van der Waals surface area contributed by atoms with Crippen LogP contribution in [0.4, 0.5) is 11.6 Å². The molecule has 6 nitrogen and oxygen atoms in total. The lowest BCUT2D eigenvalue weighted by Gasteiger charge is -2.07. The van der Waals surface area contributed by atoms with Gasteiger partial charge in [0.05, 0.1) is 5.69 Å². The number of anilines is 1. The highest BCUT2D eigenvalue weighted by Gasteiger charge is 2.18. The lowest BCUT2D eigenvalue weighted by Crippen LogP contribution is -2.24. The van der Waals surface area contributed by atoms with E-state index >= 15 is 0 Å². The number of hydrogen-bond acceptors (Lipinski definition) is 4. The summed E-state index contributed by atoms with van der Waals surface area (Å²) in [7, 11) is 0. The number of nitrogens with one attached hydrogen (secondary N) is 2. The number of rotatable bonds is 2. The Bertz CT molecular complexity index is 906. The van der Waals surface area contributed by atoms with Crippen LogP contribution in [0.25, 0.3) is 11.3 Å². The third kappa shape index (κ3) is 2.63. The number of aromatic amines is 1. The SMILES string of the molecule is Cc1cc(N=c2nc(-c3ccccc3)cc3n2CC(C)N3)n[nH]1. The van der Waals surface area contributed by atoms with Crippen molar-refractivity contribution in [2.75, 3.05) is 5.32 Å². The van der Waals surface area contributed by atoms with Crippen molar-refractivity contribution in [3.63, 3.8) is 0 Å². The van der Waals surface area contributed by atoms with E-state index in [0.29, 0.717) is 17.5 Å². The zero-order chi connectivity index (χ0) is 15.8. The maximum atomic E-state index is 4.76. The van der Waals surface area contributed by atoms with Crippen LogP contribution in [-0.2, 0) is 6.54 Å². The van der Waals surface area contributed by atoms with Gasteiger partial charge in [-0.2, -0.15) is 10.1 Å². The Labute approximate surface area is 133 Å². The van der Waals surface area contributed by atoms with Gasteiger partial charge in [-0.3, -0.25) is 9.67 Å². The van der Waals surface area contributed by atoms with Crippen LogP contribution >= 0.6 is 0 Å². The Hall–Kier alpha value is -2.89. The second-order valence-electron chi connectivity index (χ2n) is 5.87. The Morgan fingerprint density at radius 2 is 2.04 bits per heavy atom. The van der Waals surface area contributed by atoms with Crippen LogP contribution in [0, 0.1) is 6.92 Å². The highest BCUT2D eigenvalue weighted by molar-refractivity contribution is 5.62. The minimum atomic E-state index is 0.359. The monoisotopic (exact) mass is 306 g/mol. The van der Waals surface area contributed by atoms with E-state index in [-0.39, 0.29) is 0 Å². The number of aryl methyl sites for hydroxylation is 1. The van der Waals surface area contributed by atoms with E-state index in [0.717, 1.165) is 29.3 Å². The molecule has 116 valence electrons. The van der Waals surface area contributed by atoms with Crippen molar-refractivity contribution in [2.24, 2.45) is 4.99 Å². The highest BCUT2D eigenvalue weighted by atomic mass is 15.3. The van der Waals surface area contributed by atoms with Crippen LogP contribution in [0.2, 0.25) is 0 Å². The molecule has 0 radical (unpaired) electrons. The van der Waals surface area contributed by atoms with Gasteiger partial charge in [-0.05, 0) is 13.8 Å². The van der Waals surface area contributed by atoms with Crippen molar-refractivity contribution in [3.05, 3.63) is 53.8 Å². The first-order valence-corrected chi connectivity index (χ1v) is 7.69. The predicted molar refractivity (Wildman–Crippen MR) is 89.3 cm³/mol. The molecular formula is C17H18N6. The van der Waals surface area contributed by atoms with E-state index in [1.165, 1.54) is 0 Å². The van der Waals surface area contributed by atoms with Crippen LogP contribution in [0.3, 0.4) is 0 Å². The fourth-order valence-electron chi connectivity index (χ4n) is 2.79. The van der Waals surface area contributed by atoms with Gasteiger partial charge in [0.25, 0.3) is 0 Å². The van der Waals surface area contributed by atoms with Crippen LogP contribution in [0.1, 0.15) is 12.6 Å². The standard InChI is InChI=1S/C17H18N6/c1-11-8-15(22-21-11)20-17-19-14(13-6-4-3-5-7-13)9-16-18-12(2)10-23(16)17/h3-9,12,18H,10H2,1-2H3,(H,21,22). The quantitative estimate of drug-likeness (QED) is 0.764. The minimum absolute atomic E-state index is 0.359. The molecular weight excluding hydrogens is 288 g/mol. The van der Waals surface area contributed by atoms with Gasteiger partial charge in [-0.15, -0.1) is 0 Å². The van der Waals surface area contributed by atoms with Crippen molar-refractivity contribution in [1.82, 2.24) is 19.7 Å². The smallest absolute Gasteiger partial charge is 0.233 e. The Balaban J connectivity index is 1.91. The molecule has 1 unspecified atom stereocenters. The average molecular weight is 306 g/mol. The molecule has 0 saturated carbocycles. The lowest BCUT2D eigenvalue weighted by molar-refractivity contribution is 0.650. The van der Waals surface area contributed by atoms with Gasteiger partial charge >= 0.3 is 0 Å². The number of nitrogens with zero attached hydrogens (tertiary/aromatic N) is 4. The van der Waals surface area contributed by atoms with Gasteiger partial charge in [-0.1, -0.05) is 30.3 Å². The Morgan fingerprint density at radius 3 is 2.78 bits per heavy atom. The molecule has 2 aromatic heterocycles. The van der Waals surface area contributed by atoms with Gasteiger partial charge in [0.2, 0.25) is 5.62 Å². The lowest BCUT2D eigenvalue weighted by atomic mass is 10.1. The first-order chi connectivity index (χ1) is 11.2. The normalized spacial score (nSPS) is 17.1. The first-order valence-electron chi connectivity index (χ1n) is 7.69. The molecule has 6 heteroatoms. The third-order valence-electron chi connectivity index (χ3n) is 3.85. The Kier molecular flexibility index (Phi) is 3.22. The highest BCUT2D eigenvalue weighted by Crippen LogP contribution is 2.22. The first kappa shape index (κ1) is 13.8. The van der Waals surface area contributed by atoms with Crippen LogP contribution in [-0.4, -0.2) is 25.8 Å². The summed E-state index contributed by atoms with van der Waals surface area (Å²) in [5.74, 6) is 1.69.